The van der Waals surface area contributed by atoms with Gasteiger partial charge in [0.2, 0.25) is 0 Å². The fourth-order valence-corrected chi connectivity index (χ4v) is 6.89. The van der Waals surface area contributed by atoms with Crippen molar-refractivity contribution in [2.45, 2.75) is 77.0 Å². The molecule has 2 saturated carbocycles. The van der Waals surface area contributed by atoms with Gasteiger partial charge >= 0.3 is 0 Å². The average Bonchev–Trinajstić information content (AvgIpc) is 3.49. The zero-order chi connectivity index (χ0) is 26.4. The number of benzene rings is 1. The number of rotatable bonds is 6. The molecule has 8 heteroatoms. The molecule has 2 aromatic rings. The average molecular weight is 524 g/mol. The summed E-state index contributed by atoms with van der Waals surface area (Å²) < 4.78 is 30.1. The Bertz CT molecular complexity index is 1300. The van der Waals surface area contributed by atoms with Crippen LogP contribution in [0.5, 0.6) is 0 Å². The van der Waals surface area contributed by atoms with Crippen LogP contribution in [-0.2, 0) is 20.0 Å². The Morgan fingerprint density at radius 3 is 2.38 bits per heavy atom. The van der Waals surface area contributed by atoms with Gasteiger partial charge in [-0.25, -0.2) is 13.4 Å². The number of hydrogen-bond donors (Lipinski definition) is 0. The van der Waals surface area contributed by atoms with E-state index in [4.69, 9.17) is 9.40 Å². The third-order valence-corrected chi connectivity index (χ3v) is 9.87. The number of aromatic nitrogens is 1. The van der Waals surface area contributed by atoms with Crippen molar-refractivity contribution in [3.63, 3.8) is 0 Å². The largest absolute Gasteiger partial charge is 0.444 e. The van der Waals surface area contributed by atoms with Crippen LogP contribution in [0.3, 0.4) is 0 Å². The fourth-order valence-electron chi connectivity index (χ4n) is 5.69. The molecule has 2 heterocycles. The van der Waals surface area contributed by atoms with E-state index < -0.39 is 15.3 Å². The smallest absolute Gasteiger partial charge is 0.200 e. The highest BCUT2D eigenvalue weighted by molar-refractivity contribution is 7.91. The minimum Gasteiger partial charge on any atom is -0.444 e. The second-order valence-corrected chi connectivity index (χ2v) is 14.5. The summed E-state index contributed by atoms with van der Waals surface area (Å²) in [5, 5.41) is 9.55. The summed E-state index contributed by atoms with van der Waals surface area (Å²) in [6.45, 7) is 7.23. The van der Waals surface area contributed by atoms with Crippen LogP contribution < -0.4 is 4.90 Å². The van der Waals surface area contributed by atoms with Crippen molar-refractivity contribution in [1.82, 2.24) is 4.98 Å². The van der Waals surface area contributed by atoms with Crippen LogP contribution in [0.1, 0.15) is 83.3 Å². The molecule has 37 heavy (non-hydrogen) atoms. The monoisotopic (exact) mass is 523 g/mol. The van der Waals surface area contributed by atoms with Crippen molar-refractivity contribution in [2.24, 2.45) is 11.3 Å². The molecule has 1 saturated heterocycles. The van der Waals surface area contributed by atoms with Crippen LogP contribution in [0, 0.1) is 22.7 Å². The first-order valence-corrected chi connectivity index (χ1v) is 15.3. The molecule has 0 radical (unpaired) electrons. The SMILES string of the molecule is CC(C)(C)c1nc(-c2ccc(N3CCS(=O)(=O)CC3)cc2)c([C@@H]2CCCC[C@H]2C(=O)CC2(C#N)CC2)o1. The number of anilines is 1. The molecule has 3 aliphatic rings. The minimum absolute atomic E-state index is 0.0404. The van der Waals surface area contributed by atoms with Gasteiger partial charge in [0.1, 0.15) is 17.2 Å². The number of nitriles is 1. The van der Waals surface area contributed by atoms with Crippen molar-refractivity contribution in [3.8, 4) is 17.3 Å². The predicted octanol–water partition coefficient (Wildman–Crippen LogP) is 5.41. The van der Waals surface area contributed by atoms with Crippen molar-refractivity contribution < 1.29 is 17.6 Å². The van der Waals surface area contributed by atoms with Gasteiger partial charge in [-0.2, -0.15) is 5.26 Å². The van der Waals surface area contributed by atoms with Crippen LogP contribution in [0.25, 0.3) is 11.3 Å². The summed E-state index contributed by atoms with van der Waals surface area (Å²) in [4.78, 5) is 20.5. The number of sulfone groups is 1. The minimum atomic E-state index is -2.94. The Hall–Kier alpha value is -2.66. The molecular formula is C29H37N3O4S. The molecule has 3 fully saturated rings. The number of ketones is 1. The molecule has 1 aromatic heterocycles. The van der Waals surface area contributed by atoms with E-state index in [1.54, 1.807) is 0 Å². The molecular weight excluding hydrogens is 486 g/mol. The van der Waals surface area contributed by atoms with E-state index in [2.05, 4.69) is 31.7 Å². The van der Waals surface area contributed by atoms with Gasteiger partial charge < -0.3 is 9.32 Å². The van der Waals surface area contributed by atoms with Gasteiger partial charge in [-0.1, -0.05) is 45.7 Å². The zero-order valence-corrected chi connectivity index (χ0v) is 22.9. The lowest BCUT2D eigenvalue weighted by molar-refractivity contribution is -0.125. The van der Waals surface area contributed by atoms with E-state index in [1.165, 1.54) is 0 Å². The number of carbonyl (C=O) groups is 1. The van der Waals surface area contributed by atoms with Crippen LogP contribution in [0.15, 0.2) is 28.7 Å². The first-order valence-electron chi connectivity index (χ1n) is 13.5. The number of oxazole rings is 1. The van der Waals surface area contributed by atoms with Crippen LogP contribution in [-0.4, -0.2) is 43.8 Å². The summed E-state index contributed by atoms with van der Waals surface area (Å²) in [5.74, 6) is 1.83. The molecule has 0 bridgehead atoms. The summed E-state index contributed by atoms with van der Waals surface area (Å²) >= 11 is 0. The highest BCUT2D eigenvalue weighted by Gasteiger charge is 2.47. The first kappa shape index (κ1) is 26.0. The van der Waals surface area contributed by atoms with E-state index in [9.17, 15) is 18.5 Å². The van der Waals surface area contributed by atoms with Gasteiger partial charge in [-0.15, -0.1) is 0 Å². The Morgan fingerprint density at radius 1 is 1.14 bits per heavy atom. The highest BCUT2D eigenvalue weighted by Crippen LogP contribution is 2.51. The van der Waals surface area contributed by atoms with Gasteiger partial charge in [-0.3, -0.25) is 4.79 Å². The Morgan fingerprint density at radius 2 is 1.78 bits per heavy atom. The van der Waals surface area contributed by atoms with E-state index in [0.717, 1.165) is 61.2 Å². The van der Waals surface area contributed by atoms with E-state index in [-0.39, 0.29) is 34.5 Å². The molecule has 0 spiro atoms. The Labute approximate surface area is 220 Å². The molecule has 0 unspecified atom stereocenters. The third kappa shape index (κ3) is 5.47. The molecule has 1 aliphatic heterocycles. The predicted molar refractivity (Wildman–Crippen MR) is 143 cm³/mol. The summed E-state index contributed by atoms with van der Waals surface area (Å²) in [7, 11) is -2.94. The molecule has 2 atom stereocenters. The maximum Gasteiger partial charge on any atom is 0.200 e. The molecule has 5 rings (SSSR count). The van der Waals surface area contributed by atoms with Crippen molar-refractivity contribution in [3.05, 3.63) is 35.9 Å². The molecule has 2 aliphatic carbocycles. The van der Waals surface area contributed by atoms with Crippen LogP contribution >= 0.6 is 0 Å². The topological polar surface area (TPSA) is 104 Å². The maximum atomic E-state index is 13.5. The molecule has 1 aromatic carbocycles. The van der Waals surface area contributed by atoms with Crippen molar-refractivity contribution >= 4 is 21.3 Å². The number of carbonyl (C=O) groups excluding carboxylic acids is 1. The van der Waals surface area contributed by atoms with E-state index >= 15 is 0 Å². The molecule has 198 valence electrons. The fraction of sp³-hybridized carbons (Fsp3) is 0.621. The number of hydrogen-bond acceptors (Lipinski definition) is 7. The van der Waals surface area contributed by atoms with Crippen molar-refractivity contribution in [2.75, 3.05) is 29.5 Å². The van der Waals surface area contributed by atoms with Crippen LogP contribution in [0.2, 0.25) is 0 Å². The lowest BCUT2D eigenvalue weighted by atomic mass is 9.73. The standard InChI is InChI=1S/C29H37N3O4S/c1-28(2,3)27-31-25(20-8-10-21(11-9-20)32-14-16-37(34,35)17-15-32)26(36-27)23-7-5-4-6-22(23)24(33)18-29(19-30)12-13-29/h8-11,22-23H,4-7,12-18H2,1-3H3/t22-,23-/m1/s1. The summed E-state index contributed by atoms with van der Waals surface area (Å²) in [6.07, 6.45) is 5.75. The second-order valence-electron chi connectivity index (χ2n) is 12.2. The van der Waals surface area contributed by atoms with Crippen LogP contribution in [0.4, 0.5) is 5.69 Å². The second kappa shape index (κ2) is 9.58. The molecule has 0 amide bonds. The number of nitrogens with zero attached hydrogens (tertiary/aromatic N) is 3. The number of Topliss-reactive ketones (excluding diaryl/α,β-unsaturated/α-hetero) is 1. The van der Waals surface area contributed by atoms with Gasteiger partial charge in [-0.05, 0) is 37.8 Å². The van der Waals surface area contributed by atoms with Gasteiger partial charge in [0.15, 0.2) is 15.7 Å². The normalized spacial score (nSPS) is 24.9. The lowest BCUT2D eigenvalue weighted by Crippen LogP contribution is -2.40. The van der Waals surface area contributed by atoms with E-state index in [0.29, 0.717) is 25.4 Å². The van der Waals surface area contributed by atoms with Gasteiger partial charge in [0, 0.05) is 48.0 Å². The summed E-state index contributed by atoms with van der Waals surface area (Å²) in [6, 6.07) is 10.5. The summed E-state index contributed by atoms with van der Waals surface area (Å²) in [5.41, 5.74) is 2.01. The molecule has 0 N–H and O–H groups in total. The Kier molecular flexibility index (Phi) is 6.72. The Balaban J connectivity index is 1.45. The highest BCUT2D eigenvalue weighted by atomic mass is 32.2. The third-order valence-electron chi connectivity index (χ3n) is 8.26. The van der Waals surface area contributed by atoms with E-state index in [1.807, 2.05) is 24.3 Å². The zero-order valence-electron chi connectivity index (χ0n) is 22.1. The quantitative estimate of drug-likeness (QED) is 0.498. The lowest BCUT2D eigenvalue weighted by Gasteiger charge is -2.30. The van der Waals surface area contributed by atoms with Gasteiger partial charge in [0.05, 0.1) is 23.0 Å². The van der Waals surface area contributed by atoms with Crippen molar-refractivity contribution in [1.29, 1.82) is 5.26 Å². The molecule has 7 nitrogen and oxygen atoms in total. The first-order chi connectivity index (χ1) is 17.5. The van der Waals surface area contributed by atoms with Gasteiger partial charge in [0.25, 0.3) is 0 Å². The maximum absolute atomic E-state index is 13.5.